The van der Waals surface area contributed by atoms with Gasteiger partial charge in [-0.15, -0.1) is 11.3 Å². The van der Waals surface area contributed by atoms with Crippen LogP contribution in [0, 0.1) is 0 Å². The first-order chi connectivity index (χ1) is 11.8. The second-order valence-corrected chi connectivity index (χ2v) is 6.96. The van der Waals surface area contributed by atoms with E-state index >= 15 is 0 Å². The summed E-state index contributed by atoms with van der Waals surface area (Å²) in [7, 11) is 0. The van der Waals surface area contributed by atoms with Crippen molar-refractivity contribution in [1.29, 1.82) is 0 Å². The molecule has 0 unspecified atom stereocenters. The summed E-state index contributed by atoms with van der Waals surface area (Å²) in [6, 6.07) is 6.13. The first-order valence-electron chi connectivity index (χ1n) is 8.15. The topological polar surface area (TPSA) is 83.0 Å². The van der Waals surface area contributed by atoms with E-state index in [1.54, 1.807) is 23.7 Å². The Morgan fingerprint density at radius 3 is 2.62 bits per heavy atom. The minimum Gasteiger partial charge on any atom is -0.393 e. The molecule has 0 spiro atoms. The second kappa shape index (κ2) is 6.70. The summed E-state index contributed by atoms with van der Waals surface area (Å²) in [6.07, 6.45) is 6.93. The molecule has 1 aliphatic carbocycles. The lowest BCUT2D eigenvalue weighted by molar-refractivity contribution is 0.126. The summed E-state index contributed by atoms with van der Waals surface area (Å²) in [4.78, 5) is 13.3. The molecule has 1 fully saturated rings. The fourth-order valence-electron chi connectivity index (χ4n) is 3.00. The Morgan fingerprint density at radius 1 is 1.04 bits per heavy atom. The van der Waals surface area contributed by atoms with Gasteiger partial charge < -0.3 is 15.7 Å². The molecule has 6 nitrogen and oxygen atoms in total. The van der Waals surface area contributed by atoms with Crippen LogP contribution < -0.4 is 10.6 Å². The van der Waals surface area contributed by atoms with Crippen LogP contribution in [0.4, 0.5) is 17.5 Å². The minimum atomic E-state index is -0.154. The molecule has 124 valence electrons. The Kier molecular flexibility index (Phi) is 4.27. The monoisotopic (exact) mass is 341 g/mol. The van der Waals surface area contributed by atoms with Crippen molar-refractivity contribution in [1.82, 2.24) is 15.0 Å². The number of nitrogens with one attached hydrogen (secondary N) is 2. The highest BCUT2D eigenvalue weighted by Gasteiger charge is 2.21. The van der Waals surface area contributed by atoms with Gasteiger partial charge in [-0.2, -0.15) is 4.98 Å². The predicted molar refractivity (Wildman–Crippen MR) is 96.8 cm³/mol. The van der Waals surface area contributed by atoms with Crippen molar-refractivity contribution < 1.29 is 5.11 Å². The van der Waals surface area contributed by atoms with E-state index in [1.807, 2.05) is 23.6 Å². The number of anilines is 3. The molecule has 0 aromatic carbocycles. The molecule has 1 saturated carbocycles. The van der Waals surface area contributed by atoms with Crippen molar-refractivity contribution in [3.8, 4) is 0 Å². The van der Waals surface area contributed by atoms with Crippen LogP contribution in [0.15, 0.2) is 36.0 Å². The molecule has 3 aromatic heterocycles. The smallest absolute Gasteiger partial charge is 0.229 e. The van der Waals surface area contributed by atoms with Crippen molar-refractivity contribution in [2.45, 2.75) is 37.8 Å². The Morgan fingerprint density at radius 2 is 1.83 bits per heavy atom. The van der Waals surface area contributed by atoms with E-state index in [9.17, 15) is 5.11 Å². The van der Waals surface area contributed by atoms with Gasteiger partial charge in [-0.1, -0.05) is 0 Å². The Balaban J connectivity index is 1.60. The summed E-state index contributed by atoms with van der Waals surface area (Å²) in [5, 5.41) is 18.5. The highest BCUT2D eigenvalue weighted by Crippen LogP contribution is 2.30. The van der Waals surface area contributed by atoms with E-state index in [1.165, 1.54) is 0 Å². The van der Waals surface area contributed by atoms with Gasteiger partial charge in [0.25, 0.3) is 0 Å². The summed E-state index contributed by atoms with van der Waals surface area (Å²) >= 11 is 1.64. The molecule has 7 heteroatoms. The summed E-state index contributed by atoms with van der Waals surface area (Å²) in [6.45, 7) is 0. The molecule has 0 atom stereocenters. The lowest BCUT2D eigenvalue weighted by atomic mass is 9.93. The SMILES string of the molecule is O[C@H]1CC[C@H](Nc2nc(Nc3ccncc3)nc3ccsc23)CC1. The minimum absolute atomic E-state index is 0.154. The predicted octanol–water partition coefficient (Wildman–Crippen LogP) is 3.55. The highest BCUT2D eigenvalue weighted by molar-refractivity contribution is 7.17. The van der Waals surface area contributed by atoms with Gasteiger partial charge in [0.1, 0.15) is 5.82 Å². The fourth-order valence-corrected chi connectivity index (χ4v) is 3.78. The number of fused-ring (bicyclic) bond motifs is 1. The quantitative estimate of drug-likeness (QED) is 0.673. The number of aliphatic hydroxyl groups is 1. The van der Waals surface area contributed by atoms with E-state index in [0.29, 0.717) is 12.0 Å². The number of hydrogen-bond donors (Lipinski definition) is 3. The van der Waals surface area contributed by atoms with Crippen molar-refractivity contribution in [3.63, 3.8) is 0 Å². The maximum atomic E-state index is 9.67. The average molecular weight is 341 g/mol. The molecule has 4 rings (SSSR count). The van der Waals surface area contributed by atoms with Crippen LogP contribution in [0.1, 0.15) is 25.7 Å². The van der Waals surface area contributed by atoms with E-state index in [2.05, 4.69) is 25.6 Å². The molecule has 1 aliphatic rings. The van der Waals surface area contributed by atoms with Crippen molar-refractivity contribution >= 4 is 39.0 Å². The number of rotatable bonds is 4. The summed E-state index contributed by atoms with van der Waals surface area (Å²) in [5.74, 6) is 1.44. The number of pyridine rings is 1. The zero-order chi connectivity index (χ0) is 16.4. The van der Waals surface area contributed by atoms with Gasteiger partial charge >= 0.3 is 0 Å². The highest BCUT2D eigenvalue weighted by atomic mass is 32.1. The van der Waals surface area contributed by atoms with Crippen LogP contribution in [0.3, 0.4) is 0 Å². The van der Waals surface area contributed by atoms with Crippen molar-refractivity contribution in [2.75, 3.05) is 10.6 Å². The van der Waals surface area contributed by atoms with Crippen LogP contribution in [-0.4, -0.2) is 32.2 Å². The standard InChI is InChI=1S/C17H19N5OS/c23-13-3-1-11(2-4-13)19-16-15-14(7-10-24-15)21-17(22-16)20-12-5-8-18-9-6-12/h5-11,13,23H,1-4H2,(H2,18,19,20,21,22)/t11-,13-. The largest absolute Gasteiger partial charge is 0.393 e. The van der Waals surface area contributed by atoms with Crippen LogP contribution >= 0.6 is 11.3 Å². The van der Waals surface area contributed by atoms with E-state index in [-0.39, 0.29) is 6.10 Å². The van der Waals surface area contributed by atoms with Gasteiger partial charge in [-0.3, -0.25) is 4.98 Å². The van der Waals surface area contributed by atoms with Gasteiger partial charge in [-0.05, 0) is 49.3 Å². The zero-order valence-corrected chi connectivity index (χ0v) is 14.0. The van der Waals surface area contributed by atoms with Crippen LogP contribution in [0.25, 0.3) is 10.2 Å². The molecule has 24 heavy (non-hydrogen) atoms. The van der Waals surface area contributed by atoms with E-state index < -0.39 is 0 Å². The average Bonchev–Trinajstić information content (AvgIpc) is 3.07. The van der Waals surface area contributed by atoms with Gasteiger partial charge in [0, 0.05) is 24.1 Å². The first-order valence-corrected chi connectivity index (χ1v) is 9.03. The summed E-state index contributed by atoms with van der Waals surface area (Å²) < 4.78 is 1.07. The maximum Gasteiger partial charge on any atom is 0.229 e. The lowest BCUT2D eigenvalue weighted by Crippen LogP contribution is -2.28. The Hall–Kier alpha value is -2.25. The molecule has 3 N–H and O–H groups in total. The fraction of sp³-hybridized carbons (Fsp3) is 0.353. The number of aliphatic hydroxyl groups excluding tert-OH is 1. The zero-order valence-electron chi connectivity index (χ0n) is 13.1. The molecule has 0 amide bonds. The third kappa shape index (κ3) is 3.32. The Bertz CT molecular complexity index is 814. The van der Waals surface area contributed by atoms with Crippen LogP contribution in [0.5, 0.6) is 0 Å². The lowest BCUT2D eigenvalue weighted by Gasteiger charge is -2.26. The molecule has 0 bridgehead atoms. The number of nitrogens with zero attached hydrogens (tertiary/aromatic N) is 3. The Labute approximate surface area is 144 Å². The van der Waals surface area contributed by atoms with Crippen LogP contribution in [-0.2, 0) is 0 Å². The first kappa shape index (κ1) is 15.3. The maximum absolute atomic E-state index is 9.67. The molecule has 3 aromatic rings. The second-order valence-electron chi connectivity index (χ2n) is 6.04. The molecular formula is C17H19N5OS. The van der Waals surface area contributed by atoms with Gasteiger partial charge in [-0.25, -0.2) is 4.98 Å². The van der Waals surface area contributed by atoms with Crippen LogP contribution in [0.2, 0.25) is 0 Å². The molecule has 0 saturated heterocycles. The number of aromatic nitrogens is 3. The van der Waals surface area contributed by atoms with Gasteiger partial charge in [0.2, 0.25) is 5.95 Å². The summed E-state index contributed by atoms with van der Waals surface area (Å²) in [5.41, 5.74) is 1.84. The molecule has 0 aliphatic heterocycles. The van der Waals surface area contributed by atoms with E-state index in [4.69, 9.17) is 0 Å². The van der Waals surface area contributed by atoms with Crippen molar-refractivity contribution in [2.24, 2.45) is 0 Å². The van der Waals surface area contributed by atoms with Gasteiger partial charge in [0.05, 0.1) is 16.3 Å². The van der Waals surface area contributed by atoms with Crippen molar-refractivity contribution in [3.05, 3.63) is 36.0 Å². The van der Waals surface area contributed by atoms with E-state index in [0.717, 1.165) is 47.4 Å². The molecule has 0 radical (unpaired) electrons. The normalized spacial score (nSPS) is 20.9. The number of thiophene rings is 1. The number of hydrogen-bond acceptors (Lipinski definition) is 7. The van der Waals surface area contributed by atoms with Gasteiger partial charge in [0.15, 0.2) is 0 Å². The third-order valence-electron chi connectivity index (χ3n) is 4.28. The third-order valence-corrected chi connectivity index (χ3v) is 5.19. The molecule has 3 heterocycles. The molecular weight excluding hydrogens is 322 g/mol.